The molecule has 0 radical (unpaired) electrons. The number of aromatic amines is 1. The van der Waals surface area contributed by atoms with Gasteiger partial charge in [0.1, 0.15) is 5.69 Å². The normalized spacial score (nSPS) is 16.7. The van der Waals surface area contributed by atoms with E-state index in [-0.39, 0.29) is 0 Å². The van der Waals surface area contributed by atoms with E-state index in [0.717, 1.165) is 55.2 Å². The maximum Gasteiger partial charge on any atom is 0.227 e. The van der Waals surface area contributed by atoms with Crippen LogP contribution in [0.2, 0.25) is 0 Å². The molecule has 2 aromatic heterocycles. The molecule has 0 atom stereocenters. The Kier molecular flexibility index (Phi) is 6.47. The monoisotopic (exact) mass is 455 g/mol. The first-order chi connectivity index (χ1) is 16.6. The Hall–Kier alpha value is -3.42. The van der Waals surface area contributed by atoms with Crippen molar-refractivity contribution < 1.29 is 0 Å². The summed E-state index contributed by atoms with van der Waals surface area (Å²) in [7, 11) is 0. The predicted molar refractivity (Wildman–Crippen MR) is 141 cm³/mol. The van der Waals surface area contributed by atoms with Gasteiger partial charge in [0.2, 0.25) is 5.95 Å². The molecule has 3 aromatic rings. The highest BCUT2D eigenvalue weighted by atomic mass is 15.2. The number of nitrogens with zero attached hydrogens (tertiary/aromatic N) is 3. The second-order valence-electron chi connectivity index (χ2n) is 9.12. The fraction of sp³-hybridized carbons (Fsp3) is 0.333. The van der Waals surface area contributed by atoms with E-state index in [4.69, 9.17) is 10.7 Å². The second-order valence-corrected chi connectivity index (χ2v) is 9.12. The zero-order chi connectivity index (χ0) is 23.5. The number of benzene rings is 1. The topological polar surface area (TPSA) is 94.9 Å². The van der Waals surface area contributed by atoms with Gasteiger partial charge in [-0.3, -0.25) is 4.90 Å². The van der Waals surface area contributed by atoms with Gasteiger partial charge < -0.3 is 21.4 Å². The maximum atomic E-state index is 6.29. The van der Waals surface area contributed by atoms with Gasteiger partial charge in [-0.1, -0.05) is 24.8 Å². The number of nitrogens with two attached hydrogens (primary N) is 1. The molecular formula is C27H33N7. The van der Waals surface area contributed by atoms with E-state index >= 15 is 0 Å². The summed E-state index contributed by atoms with van der Waals surface area (Å²) in [5, 5.41) is 6.88. The minimum absolute atomic E-state index is 0.533. The summed E-state index contributed by atoms with van der Waals surface area (Å²) in [4.78, 5) is 15.1. The van der Waals surface area contributed by atoms with E-state index < -0.39 is 0 Å². The van der Waals surface area contributed by atoms with E-state index in [1.165, 1.54) is 24.0 Å². The highest BCUT2D eigenvalue weighted by molar-refractivity contribution is 5.83. The molecular weight excluding hydrogens is 422 g/mol. The molecule has 2 fully saturated rings. The predicted octanol–water partition coefficient (Wildman–Crippen LogP) is 4.76. The molecule has 0 amide bonds. The second kappa shape index (κ2) is 9.83. The summed E-state index contributed by atoms with van der Waals surface area (Å²) in [5.41, 5.74) is 14.2. The zero-order valence-electron chi connectivity index (χ0n) is 19.8. The van der Waals surface area contributed by atoms with Gasteiger partial charge in [-0.05, 0) is 55.0 Å². The van der Waals surface area contributed by atoms with Crippen LogP contribution in [0.25, 0.3) is 23.4 Å². The molecule has 5 rings (SSSR count). The van der Waals surface area contributed by atoms with Crippen LogP contribution in [0.3, 0.4) is 0 Å². The Morgan fingerprint density at radius 2 is 2.06 bits per heavy atom. The number of allylic oxidation sites excluding steroid dienone is 1. The number of piperazine rings is 1. The third-order valence-electron chi connectivity index (χ3n) is 6.50. The third kappa shape index (κ3) is 4.90. The lowest BCUT2D eigenvalue weighted by Gasteiger charge is -2.27. The van der Waals surface area contributed by atoms with Crippen LogP contribution in [0.15, 0.2) is 43.2 Å². The number of nitrogen functional groups attached to an aromatic ring is 1. The average molecular weight is 456 g/mol. The summed E-state index contributed by atoms with van der Waals surface area (Å²) in [6.07, 6.45) is 12.0. The van der Waals surface area contributed by atoms with Crippen molar-refractivity contribution in [3.63, 3.8) is 0 Å². The van der Waals surface area contributed by atoms with Crippen LogP contribution in [-0.2, 0) is 6.54 Å². The number of anilines is 3. The van der Waals surface area contributed by atoms with Gasteiger partial charge in [-0.15, -0.1) is 0 Å². The molecule has 7 nitrogen and oxygen atoms in total. The Bertz CT molecular complexity index is 1200. The number of aromatic nitrogens is 3. The highest BCUT2D eigenvalue weighted by Gasteiger charge is 2.25. The quantitative estimate of drug-likeness (QED) is 0.391. The van der Waals surface area contributed by atoms with E-state index in [2.05, 4.69) is 50.3 Å². The third-order valence-corrected chi connectivity index (χ3v) is 6.50. The van der Waals surface area contributed by atoms with Gasteiger partial charge in [-0.2, -0.15) is 0 Å². The molecule has 7 heteroatoms. The number of hydrogen-bond acceptors (Lipinski definition) is 6. The first-order valence-corrected chi connectivity index (χ1v) is 12.1. The molecule has 1 saturated carbocycles. The summed E-state index contributed by atoms with van der Waals surface area (Å²) >= 11 is 0. The molecule has 5 N–H and O–H groups in total. The summed E-state index contributed by atoms with van der Waals surface area (Å²) in [6.45, 7) is 11.2. The van der Waals surface area contributed by atoms with Gasteiger partial charge >= 0.3 is 0 Å². The molecule has 0 unspecified atom stereocenters. The summed E-state index contributed by atoms with van der Waals surface area (Å²) in [6, 6.07) is 6.84. The molecule has 1 saturated heterocycles. The lowest BCUT2D eigenvalue weighted by molar-refractivity contribution is 0.233. The van der Waals surface area contributed by atoms with Gasteiger partial charge in [0, 0.05) is 61.4 Å². The number of hydrogen-bond donors (Lipinski definition) is 4. The van der Waals surface area contributed by atoms with Crippen LogP contribution in [0, 0.1) is 0 Å². The Morgan fingerprint density at radius 1 is 1.24 bits per heavy atom. The van der Waals surface area contributed by atoms with Crippen LogP contribution >= 0.6 is 0 Å². The summed E-state index contributed by atoms with van der Waals surface area (Å²) < 4.78 is 0. The molecule has 0 spiro atoms. The van der Waals surface area contributed by atoms with Gasteiger partial charge in [-0.25, -0.2) is 9.97 Å². The molecule has 3 heterocycles. The minimum atomic E-state index is 0.533. The molecule has 34 heavy (non-hydrogen) atoms. The van der Waals surface area contributed by atoms with Crippen LogP contribution < -0.4 is 16.4 Å². The van der Waals surface area contributed by atoms with E-state index in [1.807, 2.05) is 31.3 Å². The van der Waals surface area contributed by atoms with E-state index in [0.29, 0.717) is 23.2 Å². The SMILES string of the molecule is C=Cc1c(-c2nc(Nc3cc(CN4CCNCC4)cc(C4CC4)c3)ncc2N)c[nH]c1/C=C\C. The largest absolute Gasteiger partial charge is 0.396 e. The van der Waals surface area contributed by atoms with Gasteiger partial charge in [0.15, 0.2) is 0 Å². The Morgan fingerprint density at radius 3 is 2.79 bits per heavy atom. The highest BCUT2D eigenvalue weighted by Crippen LogP contribution is 2.41. The molecule has 1 aliphatic heterocycles. The van der Waals surface area contributed by atoms with Crippen molar-refractivity contribution in [2.75, 3.05) is 37.2 Å². The van der Waals surface area contributed by atoms with Crippen molar-refractivity contribution in [1.29, 1.82) is 0 Å². The van der Waals surface area contributed by atoms with Gasteiger partial charge in [0.25, 0.3) is 0 Å². The van der Waals surface area contributed by atoms with Gasteiger partial charge in [0.05, 0.1) is 11.9 Å². The van der Waals surface area contributed by atoms with Crippen molar-refractivity contribution in [2.24, 2.45) is 0 Å². The molecule has 0 bridgehead atoms. The molecule has 2 aliphatic rings. The smallest absolute Gasteiger partial charge is 0.227 e. The number of H-pyrrole nitrogens is 1. The first kappa shape index (κ1) is 22.4. The van der Waals surface area contributed by atoms with Crippen LogP contribution in [-0.4, -0.2) is 46.0 Å². The van der Waals surface area contributed by atoms with E-state index in [1.54, 1.807) is 6.20 Å². The average Bonchev–Trinajstić information content (AvgIpc) is 3.62. The van der Waals surface area contributed by atoms with E-state index in [9.17, 15) is 0 Å². The maximum absolute atomic E-state index is 6.29. The standard InChI is InChI=1S/C27H33N7/c1-3-5-25-22(4-2)23(15-30-25)26-24(28)16-31-27(33-26)32-21-13-18(12-20(14-21)19-6-7-19)17-34-10-8-29-9-11-34/h3-5,12-16,19,29-30H,2,6-11,17,28H2,1H3,(H,31,32,33)/b5-3-. The number of nitrogens with one attached hydrogen (secondary N) is 3. The fourth-order valence-corrected chi connectivity index (χ4v) is 4.63. The van der Waals surface area contributed by atoms with Crippen molar-refractivity contribution in [3.8, 4) is 11.3 Å². The zero-order valence-corrected chi connectivity index (χ0v) is 19.8. The van der Waals surface area contributed by atoms with Crippen LogP contribution in [0.1, 0.15) is 48.1 Å². The van der Waals surface area contributed by atoms with Crippen molar-refractivity contribution in [2.45, 2.75) is 32.2 Å². The lowest BCUT2D eigenvalue weighted by Crippen LogP contribution is -2.42. The van der Waals surface area contributed by atoms with Crippen LogP contribution in [0.5, 0.6) is 0 Å². The minimum Gasteiger partial charge on any atom is -0.396 e. The fourth-order valence-electron chi connectivity index (χ4n) is 4.63. The van der Waals surface area contributed by atoms with Crippen molar-refractivity contribution >= 4 is 29.5 Å². The van der Waals surface area contributed by atoms with Crippen molar-refractivity contribution in [1.82, 2.24) is 25.2 Å². The van der Waals surface area contributed by atoms with Crippen molar-refractivity contribution in [3.05, 3.63) is 65.6 Å². The van der Waals surface area contributed by atoms with Crippen LogP contribution in [0.4, 0.5) is 17.3 Å². The molecule has 176 valence electrons. The lowest BCUT2D eigenvalue weighted by atomic mass is 10.0. The Balaban J connectivity index is 1.44. The number of rotatable bonds is 8. The molecule has 1 aromatic carbocycles. The molecule has 1 aliphatic carbocycles. The Labute approximate surface area is 201 Å². The first-order valence-electron chi connectivity index (χ1n) is 12.1. The summed E-state index contributed by atoms with van der Waals surface area (Å²) in [5.74, 6) is 1.21.